The molecule has 0 fully saturated rings. The van der Waals surface area contributed by atoms with Gasteiger partial charge in [-0.3, -0.25) is 4.98 Å². The Morgan fingerprint density at radius 1 is 0.486 bits per heavy atom. The van der Waals surface area contributed by atoms with E-state index in [1.54, 1.807) is 0 Å². The Morgan fingerprint density at radius 3 is 2.24 bits per heavy atom. The summed E-state index contributed by atoms with van der Waals surface area (Å²) >= 11 is 0. The highest BCUT2D eigenvalue weighted by molar-refractivity contribution is 6.15. The van der Waals surface area contributed by atoms with Crippen molar-refractivity contribution in [3.05, 3.63) is 121 Å². The smallest absolute Gasteiger partial charge is 0.143 e. The molecular weight excluding hydrogens is 452 g/mol. The zero-order valence-corrected chi connectivity index (χ0v) is 19.8. The van der Waals surface area contributed by atoms with Gasteiger partial charge >= 0.3 is 0 Å². The van der Waals surface area contributed by atoms with E-state index in [4.69, 9.17) is 9.40 Å². The summed E-state index contributed by atoms with van der Waals surface area (Å²) in [5, 5.41) is 6.79. The summed E-state index contributed by atoms with van der Waals surface area (Å²) in [4.78, 5) is 9.65. The maximum Gasteiger partial charge on any atom is 0.143 e. The van der Waals surface area contributed by atoms with Gasteiger partial charge in [-0.2, -0.15) is 0 Å². The predicted octanol–water partition coefficient (Wildman–Crippen LogP) is 9.17. The van der Waals surface area contributed by atoms with Crippen LogP contribution in [0, 0.1) is 0 Å². The fourth-order valence-electron chi connectivity index (χ4n) is 5.43. The van der Waals surface area contributed by atoms with Gasteiger partial charge < -0.3 is 4.42 Å². The topological polar surface area (TPSA) is 38.9 Å². The van der Waals surface area contributed by atoms with E-state index in [0.29, 0.717) is 0 Å². The van der Waals surface area contributed by atoms with Crippen LogP contribution in [0.3, 0.4) is 0 Å². The molecule has 37 heavy (non-hydrogen) atoms. The maximum atomic E-state index is 6.31. The van der Waals surface area contributed by atoms with Crippen LogP contribution in [0.15, 0.2) is 126 Å². The number of fused-ring (bicyclic) bond motifs is 8. The van der Waals surface area contributed by atoms with E-state index in [0.717, 1.165) is 71.5 Å². The van der Waals surface area contributed by atoms with Gasteiger partial charge in [0.2, 0.25) is 0 Å². The lowest BCUT2D eigenvalue weighted by Crippen LogP contribution is -1.89. The summed E-state index contributed by atoms with van der Waals surface area (Å²) in [6.45, 7) is 0. The van der Waals surface area contributed by atoms with Crippen LogP contribution in [0.2, 0.25) is 0 Å². The van der Waals surface area contributed by atoms with Crippen LogP contribution in [0.4, 0.5) is 0 Å². The molecule has 0 unspecified atom stereocenters. The van der Waals surface area contributed by atoms with E-state index >= 15 is 0 Å². The predicted molar refractivity (Wildman–Crippen MR) is 153 cm³/mol. The number of benzene rings is 5. The van der Waals surface area contributed by atoms with Crippen LogP contribution in [0.5, 0.6) is 0 Å². The van der Waals surface area contributed by atoms with Crippen LogP contribution in [0.1, 0.15) is 0 Å². The first-order valence-corrected chi connectivity index (χ1v) is 12.4. The summed E-state index contributed by atoms with van der Waals surface area (Å²) in [6.07, 6.45) is 1.83. The van der Waals surface area contributed by atoms with Crippen molar-refractivity contribution in [3.63, 3.8) is 0 Å². The summed E-state index contributed by atoms with van der Waals surface area (Å²) < 4.78 is 6.31. The number of furan rings is 1. The molecule has 8 aromatic rings. The Morgan fingerprint density at radius 2 is 1.27 bits per heavy atom. The molecule has 0 saturated heterocycles. The first-order chi connectivity index (χ1) is 18.3. The Hall–Kier alpha value is -5.02. The summed E-state index contributed by atoms with van der Waals surface area (Å²) in [7, 11) is 0. The van der Waals surface area contributed by atoms with Crippen molar-refractivity contribution in [1.29, 1.82) is 0 Å². The van der Waals surface area contributed by atoms with Gasteiger partial charge in [0.25, 0.3) is 0 Å². The minimum Gasteiger partial charge on any atom is -0.455 e. The zero-order valence-electron chi connectivity index (χ0n) is 19.8. The van der Waals surface area contributed by atoms with Crippen molar-refractivity contribution >= 4 is 54.5 Å². The van der Waals surface area contributed by atoms with Crippen LogP contribution >= 0.6 is 0 Å². The van der Waals surface area contributed by atoms with Gasteiger partial charge in [-0.25, -0.2) is 4.98 Å². The molecule has 8 rings (SSSR count). The van der Waals surface area contributed by atoms with Crippen molar-refractivity contribution in [2.75, 3.05) is 0 Å². The van der Waals surface area contributed by atoms with Gasteiger partial charge in [-0.15, -0.1) is 0 Å². The van der Waals surface area contributed by atoms with E-state index in [1.165, 1.54) is 5.39 Å². The van der Waals surface area contributed by atoms with Crippen molar-refractivity contribution in [2.24, 2.45) is 0 Å². The lowest BCUT2D eigenvalue weighted by molar-refractivity contribution is 0.672. The second-order valence-electron chi connectivity index (χ2n) is 9.47. The molecule has 0 radical (unpaired) electrons. The standard InChI is InChI=1S/C34H20N2O/c1-2-9-27-21(5-1)12-15-28-29-20-25(14-17-31(29)37-34(27)28)24-6-3-7-26(19-24)30-16-13-23-11-10-22-8-4-18-35-32(22)33(23)36-30/h1-20H. The Kier molecular flexibility index (Phi) is 4.23. The SMILES string of the molecule is c1cc(-c2ccc3oc4c5ccccc5ccc4c3c2)cc(-c2ccc3ccc4cccnc4c3n2)c1. The fourth-order valence-corrected chi connectivity index (χ4v) is 5.43. The third kappa shape index (κ3) is 3.14. The second kappa shape index (κ2) is 7.74. The number of nitrogens with zero attached hydrogens (tertiary/aromatic N) is 2. The van der Waals surface area contributed by atoms with E-state index in [9.17, 15) is 0 Å². The first-order valence-electron chi connectivity index (χ1n) is 12.4. The molecule has 0 aliphatic carbocycles. The lowest BCUT2D eigenvalue weighted by Gasteiger charge is -2.08. The fraction of sp³-hybridized carbons (Fsp3) is 0. The molecule has 0 N–H and O–H groups in total. The highest BCUT2D eigenvalue weighted by Gasteiger charge is 2.12. The minimum absolute atomic E-state index is 0.904. The number of hydrogen-bond acceptors (Lipinski definition) is 3. The number of pyridine rings is 2. The molecule has 0 saturated carbocycles. The van der Waals surface area contributed by atoms with Crippen LogP contribution in [-0.4, -0.2) is 9.97 Å². The maximum absolute atomic E-state index is 6.31. The van der Waals surface area contributed by atoms with Crippen molar-refractivity contribution in [1.82, 2.24) is 9.97 Å². The Bertz CT molecular complexity index is 2160. The highest BCUT2D eigenvalue weighted by Crippen LogP contribution is 2.37. The molecule has 3 aromatic heterocycles. The third-order valence-corrected chi connectivity index (χ3v) is 7.29. The summed E-state index contributed by atoms with van der Waals surface area (Å²) in [5.41, 5.74) is 8.03. The summed E-state index contributed by atoms with van der Waals surface area (Å²) in [6, 6.07) is 40.2. The van der Waals surface area contributed by atoms with Crippen molar-refractivity contribution in [3.8, 4) is 22.4 Å². The third-order valence-electron chi connectivity index (χ3n) is 7.29. The van der Waals surface area contributed by atoms with E-state index < -0.39 is 0 Å². The molecule has 0 amide bonds. The molecule has 0 spiro atoms. The highest BCUT2D eigenvalue weighted by atomic mass is 16.3. The molecule has 3 heteroatoms. The largest absolute Gasteiger partial charge is 0.455 e. The van der Waals surface area contributed by atoms with Gasteiger partial charge in [0.15, 0.2) is 0 Å². The number of hydrogen-bond donors (Lipinski definition) is 0. The van der Waals surface area contributed by atoms with E-state index in [2.05, 4.69) is 114 Å². The molecule has 5 aromatic carbocycles. The molecule has 172 valence electrons. The molecular formula is C34H20N2O. The van der Waals surface area contributed by atoms with Gasteiger partial charge in [0.05, 0.1) is 16.7 Å². The zero-order chi connectivity index (χ0) is 24.3. The van der Waals surface area contributed by atoms with Gasteiger partial charge in [-0.05, 0) is 52.9 Å². The van der Waals surface area contributed by atoms with Crippen LogP contribution in [-0.2, 0) is 0 Å². The Balaban J connectivity index is 1.27. The average molecular weight is 473 g/mol. The Labute approximate surface area is 212 Å². The average Bonchev–Trinajstić information content (AvgIpc) is 3.35. The quantitative estimate of drug-likeness (QED) is 0.235. The van der Waals surface area contributed by atoms with E-state index in [-0.39, 0.29) is 0 Å². The van der Waals surface area contributed by atoms with Crippen LogP contribution < -0.4 is 0 Å². The molecule has 0 aliphatic heterocycles. The molecule has 0 bridgehead atoms. The van der Waals surface area contributed by atoms with Crippen molar-refractivity contribution < 1.29 is 4.42 Å². The molecule has 3 nitrogen and oxygen atoms in total. The molecule has 3 heterocycles. The van der Waals surface area contributed by atoms with Crippen molar-refractivity contribution in [2.45, 2.75) is 0 Å². The van der Waals surface area contributed by atoms with Crippen LogP contribution in [0.25, 0.3) is 76.9 Å². The second-order valence-corrected chi connectivity index (χ2v) is 9.47. The summed E-state index contributed by atoms with van der Waals surface area (Å²) in [5.74, 6) is 0. The van der Waals surface area contributed by atoms with Gasteiger partial charge in [0.1, 0.15) is 11.2 Å². The monoisotopic (exact) mass is 472 g/mol. The normalized spacial score (nSPS) is 11.8. The van der Waals surface area contributed by atoms with Gasteiger partial charge in [-0.1, -0.05) is 78.9 Å². The number of rotatable bonds is 2. The molecule has 0 atom stereocenters. The first kappa shape index (κ1) is 20.2. The van der Waals surface area contributed by atoms with Gasteiger partial charge in [0, 0.05) is 38.7 Å². The minimum atomic E-state index is 0.904. The molecule has 0 aliphatic rings. The van der Waals surface area contributed by atoms with E-state index in [1.807, 2.05) is 12.3 Å². The number of aromatic nitrogens is 2. The lowest BCUT2D eigenvalue weighted by atomic mass is 9.99.